The summed E-state index contributed by atoms with van der Waals surface area (Å²) in [4.78, 5) is 11.7. The average molecular weight is 355 g/mol. The van der Waals surface area contributed by atoms with Gasteiger partial charge in [0.05, 0.1) is 10.0 Å². The molecule has 0 saturated carbocycles. The lowest BCUT2D eigenvalue weighted by Gasteiger charge is -2.03. The van der Waals surface area contributed by atoms with E-state index in [9.17, 15) is 4.79 Å². The Morgan fingerprint density at radius 2 is 1.86 bits per heavy atom. The number of carbonyl (C=O) groups is 1. The van der Waals surface area contributed by atoms with Gasteiger partial charge in [0.1, 0.15) is 0 Å². The summed E-state index contributed by atoms with van der Waals surface area (Å²) in [5.41, 5.74) is 1.90. The molecule has 2 aromatic carbocycles. The van der Waals surface area contributed by atoms with Crippen molar-refractivity contribution in [3.8, 4) is 0 Å². The van der Waals surface area contributed by atoms with Crippen LogP contribution in [0.5, 0.6) is 0 Å². The second kappa shape index (κ2) is 8.23. The minimum Gasteiger partial charge on any atom is -0.352 e. The number of amides is 1. The highest BCUT2D eigenvalue weighted by atomic mass is 35.5. The van der Waals surface area contributed by atoms with Gasteiger partial charge in [0.2, 0.25) is 5.91 Å². The fraction of sp³-hybridized carbons (Fsp3) is 0.118. The van der Waals surface area contributed by atoms with E-state index >= 15 is 0 Å². The van der Waals surface area contributed by atoms with E-state index < -0.39 is 0 Å². The van der Waals surface area contributed by atoms with Crippen LogP contribution in [-0.2, 0) is 11.2 Å². The average Bonchev–Trinajstić information content (AvgIpc) is 2.48. The molecule has 114 valence electrons. The Kier molecular flexibility index (Phi) is 6.32. The minimum atomic E-state index is -0.159. The molecule has 0 heterocycles. The zero-order valence-corrected chi connectivity index (χ0v) is 13.9. The highest BCUT2D eigenvalue weighted by molar-refractivity contribution is 6.42. The van der Waals surface area contributed by atoms with Crippen molar-refractivity contribution in [1.82, 2.24) is 5.32 Å². The summed E-state index contributed by atoms with van der Waals surface area (Å²) in [7, 11) is 0. The maximum Gasteiger partial charge on any atom is 0.244 e. The Bertz CT molecular complexity index is 698. The molecule has 2 rings (SSSR count). The lowest BCUT2D eigenvalue weighted by molar-refractivity contribution is -0.116. The van der Waals surface area contributed by atoms with Gasteiger partial charge in [-0.3, -0.25) is 4.79 Å². The van der Waals surface area contributed by atoms with Gasteiger partial charge in [0, 0.05) is 17.6 Å². The van der Waals surface area contributed by atoms with Gasteiger partial charge in [-0.05, 0) is 47.9 Å². The Balaban J connectivity index is 1.82. The lowest BCUT2D eigenvalue weighted by Crippen LogP contribution is -2.23. The van der Waals surface area contributed by atoms with Crippen LogP contribution in [-0.4, -0.2) is 12.5 Å². The van der Waals surface area contributed by atoms with Gasteiger partial charge in [0.25, 0.3) is 0 Å². The van der Waals surface area contributed by atoms with E-state index in [2.05, 4.69) is 5.32 Å². The molecule has 5 heteroatoms. The van der Waals surface area contributed by atoms with Crippen LogP contribution >= 0.6 is 34.8 Å². The Hall–Kier alpha value is -1.48. The molecule has 0 bridgehead atoms. The number of hydrogen-bond donors (Lipinski definition) is 1. The van der Waals surface area contributed by atoms with Crippen LogP contribution in [0.25, 0.3) is 6.08 Å². The van der Waals surface area contributed by atoms with Gasteiger partial charge in [-0.2, -0.15) is 0 Å². The van der Waals surface area contributed by atoms with E-state index in [4.69, 9.17) is 34.8 Å². The van der Waals surface area contributed by atoms with Gasteiger partial charge < -0.3 is 5.32 Å². The quantitative estimate of drug-likeness (QED) is 0.751. The molecule has 0 radical (unpaired) electrons. The van der Waals surface area contributed by atoms with Crippen LogP contribution in [0.3, 0.4) is 0 Å². The summed E-state index contributed by atoms with van der Waals surface area (Å²) in [5.74, 6) is -0.159. The SMILES string of the molecule is O=C(/C=C/c1ccc(Cl)c(Cl)c1)NCCc1cccc(Cl)c1. The lowest BCUT2D eigenvalue weighted by atomic mass is 10.1. The van der Waals surface area contributed by atoms with E-state index in [1.165, 1.54) is 6.08 Å². The van der Waals surface area contributed by atoms with Gasteiger partial charge >= 0.3 is 0 Å². The Morgan fingerprint density at radius 3 is 2.59 bits per heavy atom. The number of rotatable bonds is 5. The monoisotopic (exact) mass is 353 g/mol. The van der Waals surface area contributed by atoms with Crippen LogP contribution in [0.1, 0.15) is 11.1 Å². The van der Waals surface area contributed by atoms with Crippen LogP contribution in [0.2, 0.25) is 15.1 Å². The Labute approximate surface area is 144 Å². The van der Waals surface area contributed by atoms with Crippen LogP contribution < -0.4 is 5.32 Å². The molecule has 22 heavy (non-hydrogen) atoms. The predicted molar refractivity (Wildman–Crippen MR) is 93.7 cm³/mol. The maximum absolute atomic E-state index is 11.7. The number of nitrogens with one attached hydrogen (secondary N) is 1. The number of benzene rings is 2. The molecule has 0 aromatic heterocycles. The second-order valence-corrected chi connectivity index (χ2v) is 5.93. The molecule has 2 nitrogen and oxygen atoms in total. The number of hydrogen-bond acceptors (Lipinski definition) is 1. The van der Waals surface area contributed by atoms with Gasteiger partial charge in [0.15, 0.2) is 0 Å². The molecule has 0 spiro atoms. The van der Waals surface area contributed by atoms with Crippen LogP contribution in [0.4, 0.5) is 0 Å². The third-order valence-corrected chi connectivity index (χ3v) is 3.95. The summed E-state index contributed by atoms with van der Waals surface area (Å²) in [6.45, 7) is 0.547. The normalized spacial score (nSPS) is 10.9. The first kappa shape index (κ1) is 16.9. The molecule has 0 unspecified atom stereocenters. The predicted octanol–water partition coefficient (Wildman–Crippen LogP) is 5.02. The molecule has 1 N–H and O–H groups in total. The van der Waals surface area contributed by atoms with Crippen molar-refractivity contribution < 1.29 is 4.79 Å². The van der Waals surface area contributed by atoms with Crippen molar-refractivity contribution >= 4 is 46.8 Å². The Morgan fingerprint density at radius 1 is 1.05 bits per heavy atom. The maximum atomic E-state index is 11.7. The molecule has 0 aliphatic carbocycles. The van der Waals surface area contributed by atoms with Crippen LogP contribution in [0, 0.1) is 0 Å². The van der Waals surface area contributed by atoms with E-state index in [0.717, 1.165) is 17.5 Å². The fourth-order valence-electron chi connectivity index (χ4n) is 1.87. The summed E-state index contributed by atoms with van der Waals surface area (Å²) >= 11 is 17.7. The molecular formula is C17H14Cl3NO. The minimum absolute atomic E-state index is 0.159. The molecule has 0 atom stereocenters. The standard InChI is InChI=1S/C17H14Cl3NO/c18-14-3-1-2-12(10-14)8-9-21-17(22)7-5-13-4-6-15(19)16(20)11-13/h1-7,10-11H,8-9H2,(H,21,22)/b7-5+. The van der Waals surface area contributed by atoms with E-state index in [0.29, 0.717) is 21.6 Å². The topological polar surface area (TPSA) is 29.1 Å². The highest BCUT2D eigenvalue weighted by Crippen LogP contribution is 2.23. The van der Waals surface area contributed by atoms with Crippen LogP contribution in [0.15, 0.2) is 48.5 Å². The molecule has 1 amide bonds. The third kappa shape index (κ3) is 5.38. The van der Waals surface area contributed by atoms with Crippen molar-refractivity contribution in [2.75, 3.05) is 6.54 Å². The first-order chi connectivity index (χ1) is 10.5. The molecule has 0 fully saturated rings. The molecule has 0 saturated heterocycles. The largest absolute Gasteiger partial charge is 0.352 e. The molecular weight excluding hydrogens is 341 g/mol. The zero-order valence-electron chi connectivity index (χ0n) is 11.7. The van der Waals surface area contributed by atoms with Gasteiger partial charge in [-0.25, -0.2) is 0 Å². The third-order valence-electron chi connectivity index (χ3n) is 2.97. The van der Waals surface area contributed by atoms with Crippen molar-refractivity contribution in [2.45, 2.75) is 6.42 Å². The van der Waals surface area contributed by atoms with Crippen molar-refractivity contribution in [2.24, 2.45) is 0 Å². The first-order valence-corrected chi connectivity index (χ1v) is 7.83. The van der Waals surface area contributed by atoms with Crippen molar-refractivity contribution in [3.05, 3.63) is 74.7 Å². The molecule has 0 aliphatic heterocycles. The second-order valence-electron chi connectivity index (χ2n) is 4.68. The fourth-order valence-corrected chi connectivity index (χ4v) is 2.39. The summed E-state index contributed by atoms with van der Waals surface area (Å²) in [6, 6.07) is 12.8. The van der Waals surface area contributed by atoms with E-state index in [1.54, 1.807) is 24.3 Å². The van der Waals surface area contributed by atoms with Crippen molar-refractivity contribution in [1.29, 1.82) is 0 Å². The molecule has 0 aliphatic rings. The van der Waals surface area contributed by atoms with Gasteiger partial charge in [-0.15, -0.1) is 0 Å². The summed E-state index contributed by atoms with van der Waals surface area (Å²) < 4.78 is 0. The zero-order chi connectivity index (χ0) is 15.9. The van der Waals surface area contributed by atoms with Gasteiger partial charge in [-0.1, -0.05) is 53.0 Å². The number of halogens is 3. The summed E-state index contributed by atoms with van der Waals surface area (Å²) in [6.07, 6.45) is 3.89. The molecule has 2 aromatic rings. The highest BCUT2D eigenvalue weighted by Gasteiger charge is 1.99. The first-order valence-electron chi connectivity index (χ1n) is 6.70. The van der Waals surface area contributed by atoms with E-state index in [1.807, 2.05) is 24.3 Å². The smallest absolute Gasteiger partial charge is 0.244 e. The number of carbonyl (C=O) groups excluding carboxylic acids is 1. The van der Waals surface area contributed by atoms with E-state index in [-0.39, 0.29) is 5.91 Å². The summed E-state index contributed by atoms with van der Waals surface area (Å²) in [5, 5.41) is 4.47. The van der Waals surface area contributed by atoms with Crippen molar-refractivity contribution in [3.63, 3.8) is 0 Å².